The Morgan fingerprint density at radius 3 is 2.20 bits per heavy atom. The highest BCUT2D eigenvalue weighted by Gasteiger charge is 2.19. The molecule has 0 radical (unpaired) electrons. The Kier molecular flexibility index (Phi) is 5.80. The zero-order valence-electron chi connectivity index (χ0n) is 11.5. The van der Waals surface area contributed by atoms with Crippen molar-refractivity contribution in [2.24, 2.45) is 0 Å². The quantitative estimate of drug-likeness (QED) is 0.742. The average molecular weight is 305 g/mol. The summed E-state index contributed by atoms with van der Waals surface area (Å²) in [6.07, 6.45) is 3.48. The van der Waals surface area contributed by atoms with Crippen LogP contribution in [0.5, 0.6) is 0 Å². The van der Waals surface area contributed by atoms with E-state index >= 15 is 0 Å². The van der Waals surface area contributed by atoms with Crippen LogP contribution in [-0.4, -0.2) is 35.4 Å². The Hall–Kier alpha value is -1.13. The molecule has 20 heavy (non-hydrogen) atoms. The molecule has 0 saturated carbocycles. The van der Waals surface area contributed by atoms with Crippen molar-refractivity contribution in [3.63, 3.8) is 0 Å². The maximum Gasteiger partial charge on any atom is 0.254 e. The average Bonchev–Trinajstić information content (AvgIpc) is 3.01. The lowest BCUT2D eigenvalue weighted by molar-refractivity contribution is 0.0791. The molecule has 0 aliphatic carbocycles. The SMILES string of the molecule is C=CCN(CC=C)C(=O)c1ccc(C2SCCS2)cc1. The van der Waals surface area contributed by atoms with Gasteiger partial charge in [0.2, 0.25) is 0 Å². The van der Waals surface area contributed by atoms with Crippen LogP contribution in [0.25, 0.3) is 0 Å². The van der Waals surface area contributed by atoms with Crippen LogP contribution < -0.4 is 0 Å². The minimum atomic E-state index is 0.0306. The van der Waals surface area contributed by atoms with Gasteiger partial charge < -0.3 is 4.90 Å². The summed E-state index contributed by atoms with van der Waals surface area (Å²) >= 11 is 3.95. The smallest absolute Gasteiger partial charge is 0.254 e. The van der Waals surface area contributed by atoms with Crippen molar-refractivity contribution in [2.75, 3.05) is 24.6 Å². The van der Waals surface area contributed by atoms with Gasteiger partial charge in [0.25, 0.3) is 5.91 Å². The second-order valence-corrected chi connectivity index (χ2v) is 7.21. The van der Waals surface area contributed by atoms with Gasteiger partial charge in [-0.1, -0.05) is 24.3 Å². The molecule has 0 aromatic heterocycles. The van der Waals surface area contributed by atoms with E-state index in [0.29, 0.717) is 17.7 Å². The molecule has 1 heterocycles. The van der Waals surface area contributed by atoms with Crippen LogP contribution in [0.2, 0.25) is 0 Å². The molecule has 4 heteroatoms. The van der Waals surface area contributed by atoms with E-state index in [4.69, 9.17) is 0 Å². The molecule has 1 aliphatic rings. The Bertz CT molecular complexity index is 468. The molecular formula is C16H19NOS2. The topological polar surface area (TPSA) is 20.3 Å². The molecule has 2 nitrogen and oxygen atoms in total. The second kappa shape index (κ2) is 7.60. The third-order valence-electron chi connectivity index (χ3n) is 3.04. The van der Waals surface area contributed by atoms with Crippen molar-refractivity contribution in [1.82, 2.24) is 4.90 Å². The molecule has 1 aromatic rings. The third-order valence-corrected chi connectivity index (χ3v) is 6.14. The summed E-state index contributed by atoms with van der Waals surface area (Å²) in [4.78, 5) is 14.1. The summed E-state index contributed by atoms with van der Waals surface area (Å²) < 4.78 is 0.525. The number of carbonyl (C=O) groups is 1. The van der Waals surface area contributed by atoms with Crippen molar-refractivity contribution in [2.45, 2.75) is 4.58 Å². The lowest BCUT2D eigenvalue weighted by Crippen LogP contribution is -2.31. The van der Waals surface area contributed by atoms with Crippen LogP contribution in [0, 0.1) is 0 Å². The van der Waals surface area contributed by atoms with E-state index < -0.39 is 0 Å². The van der Waals surface area contributed by atoms with Gasteiger partial charge in [0, 0.05) is 30.2 Å². The Morgan fingerprint density at radius 1 is 1.15 bits per heavy atom. The fourth-order valence-corrected chi connectivity index (χ4v) is 4.93. The molecule has 1 amide bonds. The molecule has 0 N–H and O–H groups in total. The van der Waals surface area contributed by atoms with E-state index in [0.717, 1.165) is 5.56 Å². The highest BCUT2D eigenvalue weighted by atomic mass is 32.2. The fourth-order valence-electron chi connectivity index (χ4n) is 2.07. The second-order valence-electron chi connectivity index (χ2n) is 4.48. The van der Waals surface area contributed by atoms with Gasteiger partial charge in [0.05, 0.1) is 4.58 Å². The minimum absolute atomic E-state index is 0.0306. The summed E-state index contributed by atoms with van der Waals surface area (Å²) in [6.45, 7) is 8.47. The van der Waals surface area contributed by atoms with Gasteiger partial charge in [0.1, 0.15) is 0 Å². The molecular weight excluding hydrogens is 286 g/mol. The van der Waals surface area contributed by atoms with E-state index in [1.165, 1.54) is 17.1 Å². The normalized spacial score (nSPS) is 15.0. The first-order valence-corrected chi connectivity index (χ1v) is 8.70. The van der Waals surface area contributed by atoms with E-state index in [1.807, 2.05) is 35.7 Å². The molecule has 106 valence electrons. The highest BCUT2D eigenvalue weighted by molar-refractivity contribution is 8.19. The van der Waals surface area contributed by atoms with Crippen LogP contribution in [0.3, 0.4) is 0 Å². The third kappa shape index (κ3) is 3.70. The molecule has 1 fully saturated rings. The Balaban J connectivity index is 2.09. The fraction of sp³-hybridized carbons (Fsp3) is 0.312. The maximum atomic E-state index is 12.4. The summed E-state index contributed by atoms with van der Waals surface area (Å²) in [5, 5.41) is 0. The van der Waals surface area contributed by atoms with Crippen molar-refractivity contribution in [3.05, 3.63) is 60.7 Å². The predicted molar refractivity (Wildman–Crippen MR) is 90.4 cm³/mol. The van der Waals surface area contributed by atoms with Crippen LogP contribution in [0.1, 0.15) is 20.5 Å². The highest BCUT2D eigenvalue weighted by Crippen LogP contribution is 2.45. The van der Waals surface area contributed by atoms with Crippen LogP contribution in [0.15, 0.2) is 49.6 Å². The standard InChI is InChI=1S/C16H19NOS2/c1-3-9-17(10-4-2)15(18)13-5-7-14(8-6-13)16-19-11-12-20-16/h3-8,16H,1-2,9-12H2. The van der Waals surface area contributed by atoms with E-state index in [1.54, 1.807) is 17.1 Å². The first-order chi connectivity index (χ1) is 9.76. The predicted octanol–water partition coefficient (Wildman–Crippen LogP) is 3.98. The van der Waals surface area contributed by atoms with Gasteiger partial charge in [0.15, 0.2) is 0 Å². The van der Waals surface area contributed by atoms with Gasteiger partial charge in [-0.25, -0.2) is 0 Å². The van der Waals surface area contributed by atoms with Gasteiger partial charge in [-0.3, -0.25) is 4.79 Å². The summed E-state index contributed by atoms with van der Waals surface area (Å²) in [5.74, 6) is 2.45. The number of hydrogen-bond donors (Lipinski definition) is 0. The van der Waals surface area contributed by atoms with Crippen LogP contribution in [-0.2, 0) is 0 Å². The first kappa shape index (κ1) is 15.3. The number of amides is 1. The molecule has 0 unspecified atom stereocenters. The summed E-state index contributed by atoms with van der Waals surface area (Å²) in [6, 6.07) is 8.00. The largest absolute Gasteiger partial charge is 0.331 e. The Morgan fingerprint density at radius 2 is 1.70 bits per heavy atom. The first-order valence-electron chi connectivity index (χ1n) is 6.60. The molecule has 0 bridgehead atoms. The summed E-state index contributed by atoms with van der Waals surface area (Å²) in [5.41, 5.74) is 2.03. The van der Waals surface area contributed by atoms with Crippen molar-refractivity contribution in [3.8, 4) is 0 Å². The van der Waals surface area contributed by atoms with Crippen molar-refractivity contribution < 1.29 is 4.79 Å². The number of benzene rings is 1. The molecule has 1 aromatic carbocycles. The molecule has 2 rings (SSSR count). The molecule has 0 spiro atoms. The summed E-state index contributed by atoms with van der Waals surface area (Å²) in [7, 11) is 0. The number of thioether (sulfide) groups is 2. The van der Waals surface area contributed by atoms with Gasteiger partial charge in [-0.05, 0) is 17.7 Å². The van der Waals surface area contributed by atoms with E-state index in [-0.39, 0.29) is 5.91 Å². The maximum absolute atomic E-state index is 12.4. The van der Waals surface area contributed by atoms with Crippen molar-refractivity contribution >= 4 is 29.4 Å². The lowest BCUT2D eigenvalue weighted by atomic mass is 10.1. The molecule has 0 atom stereocenters. The zero-order valence-corrected chi connectivity index (χ0v) is 13.1. The molecule has 1 aliphatic heterocycles. The van der Waals surface area contributed by atoms with E-state index in [2.05, 4.69) is 25.3 Å². The van der Waals surface area contributed by atoms with Gasteiger partial charge >= 0.3 is 0 Å². The zero-order chi connectivity index (χ0) is 14.4. The minimum Gasteiger partial charge on any atom is -0.331 e. The number of nitrogens with zero attached hydrogens (tertiary/aromatic N) is 1. The van der Waals surface area contributed by atoms with Crippen LogP contribution in [0.4, 0.5) is 0 Å². The Labute approximate surface area is 129 Å². The monoisotopic (exact) mass is 305 g/mol. The van der Waals surface area contributed by atoms with Crippen molar-refractivity contribution in [1.29, 1.82) is 0 Å². The van der Waals surface area contributed by atoms with E-state index in [9.17, 15) is 4.79 Å². The number of carbonyl (C=O) groups excluding carboxylic acids is 1. The lowest BCUT2D eigenvalue weighted by Gasteiger charge is -2.19. The van der Waals surface area contributed by atoms with Gasteiger partial charge in [-0.2, -0.15) is 0 Å². The number of hydrogen-bond acceptors (Lipinski definition) is 3. The van der Waals surface area contributed by atoms with Crippen LogP contribution >= 0.6 is 23.5 Å². The molecule has 1 saturated heterocycles. The number of rotatable bonds is 6. The van der Waals surface area contributed by atoms with Gasteiger partial charge in [-0.15, -0.1) is 36.7 Å².